The molecule has 0 radical (unpaired) electrons. The van der Waals surface area contributed by atoms with Crippen molar-refractivity contribution in [2.24, 2.45) is 0 Å². The predicted octanol–water partition coefficient (Wildman–Crippen LogP) is 5.09. The van der Waals surface area contributed by atoms with Gasteiger partial charge in [-0.1, -0.05) is 12.1 Å². The van der Waals surface area contributed by atoms with Crippen molar-refractivity contribution in [1.82, 2.24) is 9.97 Å². The molecule has 168 valence electrons. The lowest BCUT2D eigenvalue weighted by Crippen LogP contribution is -2.19. The van der Waals surface area contributed by atoms with Gasteiger partial charge in [0.05, 0.1) is 37.9 Å². The smallest absolute Gasteiger partial charge is 0.323 e. The fraction of sp³-hybridized carbons (Fsp3) is 0.125. The lowest BCUT2D eigenvalue weighted by molar-refractivity contribution is 0.262. The average Bonchev–Trinajstić information content (AvgIpc) is 2.84. The highest BCUT2D eigenvalue weighted by Gasteiger charge is 2.13. The second kappa shape index (κ2) is 9.73. The fourth-order valence-corrected chi connectivity index (χ4v) is 3.19. The minimum atomic E-state index is -0.393. The van der Waals surface area contributed by atoms with E-state index in [4.69, 9.17) is 18.9 Å². The summed E-state index contributed by atoms with van der Waals surface area (Å²) in [7, 11) is 4.67. The Morgan fingerprint density at radius 1 is 0.788 bits per heavy atom. The first-order valence-electron chi connectivity index (χ1n) is 9.97. The Morgan fingerprint density at radius 2 is 1.48 bits per heavy atom. The molecule has 0 saturated heterocycles. The maximum Gasteiger partial charge on any atom is 0.323 e. The third kappa shape index (κ3) is 4.87. The van der Waals surface area contributed by atoms with E-state index in [1.165, 1.54) is 6.33 Å². The van der Waals surface area contributed by atoms with Crippen molar-refractivity contribution in [1.29, 1.82) is 0 Å². The number of fused-ring (bicyclic) bond motifs is 1. The third-order valence-electron chi connectivity index (χ3n) is 4.79. The van der Waals surface area contributed by atoms with Gasteiger partial charge in [0, 0.05) is 11.8 Å². The average molecular weight is 446 g/mol. The Balaban J connectivity index is 1.48. The van der Waals surface area contributed by atoms with Gasteiger partial charge >= 0.3 is 6.03 Å². The first-order chi connectivity index (χ1) is 16.1. The molecule has 0 unspecified atom stereocenters. The molecule has 4 aromatic rings. The molecule has 0 aliphatic rings. The normalized spacial score (nSPS) is 10.4. The fourth-order valence-electron chi connectivity index (χ4n) is 3.19. The zero-order chi connectivity index (χ0) is 23.2. The molecule has 0 aliphatic carbocycles. The summed E-state index contributed by atoms with van der Waals surface area (Å²) in [6.07, 6.45) is 1.42. The number of carbonyl (C=O) groups is 1. The summed E-state index contributed by atoms with van der Waals surface area (Å²) >= 11 is 0. The van der Waals surface area contributed by atoms with Gasteiger partial charge < -0.3 is 29.6 Å². The van der Waals surface area contributed by atoms with Crippen LogP contribution in [0.15, 0.2) is 67.0 Å². The highest BCUT2D eigenvalue weighted by molar-refractivity contribution is 6.00. The number of amides is 2. The van der Waals surface area contributed by atoms with Crippen molar-refractivity contribution >= 4 is 28.3 Å². The summed E-state index contributed by atoms with van der Waals surface area (Å²) in [5, 5.41) is 6.21. The molecule has 1 heterocycles. The van der Waals surface area contributed by atoms with Crippen molar-refractivity contribution in [2.75, 3.05) is 32.0 Å². The van der Waals surface area contributed by atoms with Crippen LogP contribution in [0, 0.1) is 0 Å². The molecule has 0 fully saturated rings. The molecule has 33 heavy (non-hydrogen) atoms. The second-order valence-corrected chi connectivity index (χ2v) is 6.81. The molecule has 2 amide bonds. The topological polar surface area (TPSA) is 104 Å². The van der Waals surface area contributed by atoms with Crippen LogP contribution in [0.2, 0.25) is 0 Å². The quantitative estimate of drug-likeness (QED) is 0.407. The van der Waals surface area contributed by atoms with Crippen molar-refractivity contribution in [3.8, 4) is 28.9 Å². The van der Waals surface area contributed by atoms with Crippen LogP contribution >= 0.6 is 0 Å². The summed E-state index contributed by atoms with van der Waals surface area (Å²) in [4.78, 5) is 20.9. The molecule has 0 spiro atoms. The lowest BCUT2D eigenvalue weighted by Gasteiger charge is -2.12. The highest BCUT2D eigenvalue weighted by Crippen LogP contribution is 2.35. The third-order valence-corrected chi connectivity index (χ3v) is 4.79. The maximum absolute atomic E-state index is 12.3. The Morgan fingerprint density at radius 3 is 2.21 bits per heavy atom. The summed E-state index contributed by atoms with van der Waals surface area (Å²) in [5.41, 5.74) is 1.82. The van der Waals surface area contributed by atoms with E-state index >= 15 is 0 Å². The van der Waals surface area contributed by atoms with Crippen molar-refractivity contribution in [2.45, 2.75) is 0 Å². The predicted molar refractivity (Wildman–Crippen MR) is 125 cm³/mol. The Hall–Kier alpha value is -4.53. The monoisotopic (exact) mass is 446 g/mol. The molecule has 0 saturated carbocycles. The number of hydrogen-bond donors (Lipinski definition) is 2. The number of nitrogens with zero attached hydrogens (tertiary/aromatic N) is 2. The molecule has 2 N–H and O–H groups in total. The van der Waals surface area contributed by atoms with Crippen molar-refractivity contribution < 1.29 is 23.7 Å². The number of benzene rings is 3. The Labute approximate surface area is 190 Å². The molecule has 1 aromatic heterocycles. The van der Waals surface area contributed by atoms with Gasteiger partial charge in [-0.2, -0.15) is 0 Å². The van der Waals surface area contributed by atoms with E-state index in [2.05, 4.69) is 20.6 Å². The van der Waals surface area contributed by atoms with Crippen LogP contribution in [0.5, 0.6) is 28.9 Å². The molecule has 9 nitrogen and oxygen atoms in total. The highest BCUT2D eigenvalue weighted by atomic mass is 16.5. The molecule has 3 aromatic carbocycles. The van der Waals surface area contributed by atoms with Crippen LogP contribution in [-0.2, 0) is 0 Å². The number of carbonyl (C=O) groups excluding carboxylic acids is 1. The number of rotatable bonds is 7. The number of para-hydroxylation sites is 2. The number of hydrogen-bond acceptors (Lipinski definition) is 7. The van der Waals surface area contributed by atoms with Crippen LogP contribution in [-0.4, -0.2) is 37.3 Å². The number of methoxy groups -OCH3 is 3. The van der Waals surface area contributed by atoms with Gasteiger partial charge in [0.25, 0.3) is 0 Å². The molecule has 4 rings (SSSR count). The largest absolute Gasteiger partial charge is 0.495 e. The van der Waals surface area contributed by atoms with Gasteiger partial charge in [-0.25, -0.2) is 14.8 Å². The maximum atomic E-state index is 12.3. The van der Waals surface area contributed by atoms with Crippen LogP contribution in [0.1, 0.15) is 0 Å². The van der Waals surface area contributed by atoms with E-state index in [1.54, 1.807) is 69.9 Å². The van der Waals surface area contributed by atoms with E-state index in [1.807, 2.05) is 12.1 Å². The second-order valence-electron chi connectivity index (χ2n) is 6.81. The van der Waals surface area contributed by atoms with Gasteiger partial charge in [-0.3, -0.25) is 0 Å². The van der Waals surface area contributed by atoms with Gasteiger partial charge in [0.2, 0.25) is 5.88 Å². The molecule has 0 bridgehead atoms. The minimum absolute atomic E-state index is 0.371. The van der Waals surface area contributed by atoms with Gasteiger partial charge in [-0.15, -0.1) is 0 Å². The standard InChI is InChI=1S/C24H22N4O5/c1-30-20-7-5-4-6-18(20)28-24(29)27-15-8-10-16(11-9-15)33-23-17-12-21(31-2)22(32-3)13-19(17)25-14-26-23/h4-14H,1-3H3,(H2,27,28,29). The van der Waals surface area contributed by atoms with Crippen LogP contribution in [0.25, 0.3) is 10.9 Å². The SMILES string of the molecule is COc1ccccc1NC(=O)Nc1ccc(Oc2ncnc3cc(OC)c(OC)cc23)cc1. The van der Waals surface area contributed by atoms with Crippen LogP contribution in [0.4, 0.5) is 16.2 Å². The summed E-state index contributed by atoms with van der Waals surface area (Å²) in [5.74, 6) is 2.60. The molecular formula is C24H22N4O5. The van der Waals surface area contributed by atoms with E-state index in [0.717, 1.165) is 0 Å². The number of urea groups is 1. The molecule has 0 atom stereocenters. The minimum Gasteiger partial charge on any atom is -0.495 e. The van der Waals surface area contributed by atoms with E-state index in [9.17, 15) is 4.79 Å². The van der Waals surface area contributed by atoms with E-state index in [-0.39, 0.29) is 0 Å². The van der Waals surface area contributed by atoms with E-state index in [0.29, 0.717) is 51.2 Å². The van der Waals surface area contributed by atoms with Crippen molar-refractivity contribution in [3.63, 3.8) is 0 Å². The van der Waals surface area contributed by atoms with E-state index < -0.39 is 6.03 Å². The van der Waals surface area contributed by atoms with Gasteiger partial charge in [0.15, 0.2) is 11.5 Å². The van der Waals surface area contributed by atoms with Gasteiger partial charge in [-0.05, 0) is 42.5 Å². The Kier molecular flexibility index (Phi) is 6.40. The zero-order valence-electron chi connectivity index (χ0n) is 18.3. The first kappa shape index (κ1) is 21.7. The molecule has 9 heteroatoms. The lowest BCUT2D eigenvalue weighted by atomic mass is 10.2. The summed E-state index contributed by atoms with van der Waals surface area (Å²) in [6.45, 7) is 0. The summed E-state index contributed by atoms with van der Waals surface area (Å²) < 4.78 is 21.9. The van der Waals surface area contributed by atoms with Crippen LogP contribution < -0.4 is 29.6 Å². The number of aromatic nitrogens is 2. The number of anilines is 2. The zero-order valence-corrected chi connectivity index (χ0v) is 18.3. The number of nitrogens with one attached hydrogen (secondary N) is 2. The molecular weight excluding hydrogens is 424 g/mol. The molecule has 0 aliphatic heterocycles. The number of ether oxygens (including phenoxy) is 4. The van der Waals surface area contributed by atoms with Crippen LogP contribution in [0.3, 0.4) is 0 Å². The Bertz CT molecular complexity index is 1280. The summed E-state index contributed by atoms with van der Waals surface area (Å²) in [6, 6.07) is 17.2. The van der Waals surface area contributed by atoms with Crippen molar-refractivity contribution in [3.05, 3.63) is 67.0 Å². The van der Waals surface area contributed by atoms with Gasteiger partial charge in [0.1, 0.15) is 17.8 Å². The first-order valence-corrected chi connectivity index (χ1v) is 9.97.